The number of hydrogen-bond donors (Lipinski definition) is 1. The zero-order valence-electron chi connectivity index (χ0n) is 17.4. The molecule has 2 aliphatic rings. The number of amides is 2. The smallest absolute Gasteiger partial charge is 0.259 e. The molecular formula is C24H25N3O3. The molecule has 0 saturated carbocycles. The summed E-state index contributed by atoms with van der Waals surface area (Å²) < 4.78 is 8.08. The standard InChI is InChI=1S/C24H25N3O3/c1-14(2)9-10-26-12-16-21-17(6-4-7-19(21)26)25-18-13-27(15(3)28)24(29)23(18)22(16)20-8-5-11-30-20/h4-8,11-12,14,22,25H,9-10,13H2,1-3H3/t22-/m0/s1. The zero-order chi connectivity index (χ0) is 21.0. The summed E-state index contributed by atoms with van der Waals surface area (Å²) in [6, 6.07) is 9.95. The third-order valence-corrected chi connectivity index (χ3v) is 6.09. The van der Waals surface area contributed by atoms with Crippen LogP contribution in [0.3, 0.4) is 0 Å². The van der Waals surface area contributed by atoms with E-state index in [1.54, 1.807) is 6.26 Å². The topological polar surface area (TPSA) is 67.5 Å². The second kappa shape index (κ2) is 6.90. The van der Waals surface area contributed by atoms with E-state index in [0.717, 1.165) is 40.8 Å². The Labute approximate surface area is 175 Å². The van der Waals surface area contributed by atoms with Gasteiger partial charge in [0.05, 0.1) is 29.8 Å². The third kappa shape index (κ3) is 2.78. The maximum absolute atomic E-state index is 13.3. The number of nitrogens with one attached hydrogen (secondary N) is 1. The van der Waals surface area contributed by atoms with Crippen molar-refractivity contribution in [2.45, 2.75) is 39.7 Å². The van der Waals surface area contributed by atoms with Crippen molar-refractivity contribution in [1.29, 1.82) is 0 Å². The third-order valence-electron chi connectivity index (χ3n) is 6.09. The number of carbonyl (C=O) groups excluding carboxylic acids is 2. The van der Waals surface area contributed by atoms with Crippen molar-refractivity contribution in [3.05, 3.63) is 65.4 Å². The van der Waals surface area contributed by atoms with Crippen LogP contribution in [0.1, 0.15) is 44.4 Å². The minimum atomic E-state index is -0.356. The Kier molecular flexibility index (Phi) is 4.31. The number of benzene rings is 1. The summed E-state index contributed by atoms with van der Waals surface area (Å²) in [5.41, 5.74) is 4.51. The van der Waals surface area contributed by atoms with Gasteiger partial charge in [-0.05, 0) is 42.2 Å². The molecule has 0 saturated heterocycles. The number of imide groups is 1. The Morgan fingerprint density at radius 3 is 2.80 bits per heavy atom. The molecule has 3 aromatic rings. The van der Waals surface area contributed by atoms with Crippen molar-refractivity contribution in [2.75, 3.05) is 11.9 Å². The number of anilines is 1. The van der Waals surface area contributed by atoms with Crippen LogP contribution in [0.15, 0.2) is 58.5 Å². The number of aryl methyl sites for hydroxylation is 1. The van der Waals surface area contributed by atoms with Gasteiger partial charge in [-0.2, -0.15) is 0 Å². The van der Waals surface area contributed by atoms with E-state index in [1.165, 1.54) is 11.8 Å². The second-order valence-electron chi connectivity index (χ2n) is 8.54. The van der Waals surface area contributed by atoms with Crippen LogP contribution >= 0.6 is 0 Å². The van der Waals surface area contributed by atoms with Crippen LogP contribution in [0.4, 0.5) is 5.69 Å². The number of hydrogen-bond acceptors (Lipinski definition) is 4. The van der Waals surface area contributed by atoms with E-state index < -0.39 is 0 Å². The highest BCUT2D eigenvalue weighted by Gasteiger charge is 2.42. The SMILES string of the molecule is CC(=O)N1CC2=C(C1=O)[C@H](c1ccco1)c1cn(CCC(C)C)c3cccc(c13)N2. The first-order valence-electron chi connectivity index (χ1n) is 10.4. The van der Waals surface area contributed by atoms with Gasteiger partial charge < -0.3 is 14.3 Å². The van der Waals surface area contributed by atoms with Crippen LogP contribution in [0.2, 0.25) is 0 Å². The van der Waals surface area contributed by atoms with Gasteiger partial charge in [-0.25, -0.2) is 0 Å². The van der Waals surface area contributed by atoms with Crippen LogP contribution in [0, 0.1) is 5.92 Å². The quantitative estimate of drug-likeness (QED) is 0.697. The van der Waals surface area contributed by atoms with Crippen LogP contribution in [-0.2, 0) is 16.1 Å². The van der Waals surface area contributed by atoms with Gasteiger partial charge in [-0.3, -0.25) is 14.5 Å². The molecule has 0 aliphatic carbocycles. The van der Waals surface area contributed by atoms with E-state index in [4.69, 9.17) is 4.42 Å². The molecule has 6 nitrogen and oxygen atoms in total. The number of nitrogens with zero attached hydrogens (tertiary/aromatic N) is 2. The van der Waals surface area contributed by atoms with E-state index in [0.29, 0.717) is 17.3 Å². The van der Waals surface area contributed by atoms with Crippen molar-refractivity contribution in [3.8, 4) is 0 Å². The van der Waals surface area contributed by atoms with Gasteiger partial charge in [-0.15, -0.1) is 0 Å². The Balaban J connectivity index is 1.73. The Bertz CT molecular complexity index is 1180. The fourth-order valence-electron chi connectivity index (χ4n) is 4.61. The first-order chi connectivity index (χ1) is 14.5. The highest BCUT2D eigenvalue weighted by molar-refractivity contribution is 6.11. The zero-order valence-corrected chi connectivity index (χ0v) is 17.4. The fraction of sp³-hybridized carbons (Fsp3) is 0.333. The van der Waals surface area contributed by atoms with Crippen molar-refractivity contribution < 1.29 is 14.0 Å². The summed E-state index contributed by atoms with van der Waals surface area (Å²) in [5, 5.41) is 4.59. The molecule has 0 unspecified atom stereocenters. The maximum Gasteiger partial charge on any atom is 0.259 e. The molecule has 0 bridgehead atoms. The highest BCUT2D eigenvalue weighted by Crippen LogP contribution is 2.46. The van der Waals surface area contributed by atoms with Crippen molar-refractivity contribution in [2.24, 2.45) is 5.92 Å². The average molecular weight is 403 g/mol. The van der Waals surface area contributed by atoms with Crippen LogP contribution in [-0.4, -0.2) is 27.8 Å². The average Bonchev–Trinajstić information content (AvgIpc) is 3.40. The second-order valence-corrected chi connectivity index (χ2v) is 8.54. The lowest BCUT2D eigenvalue weighted by atomic mass is 9.88. The molecule has 2 amide bonds. The van der Waals surface area contributed by atoms with E-state index in [-0.39, 0.29) is 24.3 Å². The van der Waals surface area contributed by atoms with Gasteiger partial charge in [-0.1, -0.05) is 19.9 Å². The minimum Gasteiger partial charge on any atom is -0.468 e. The molecule has 5 rings (SSSR count). The molecule has 2 aliphatic heterocycles. The summed E-state index contributed by atoms with van der Waals surface area (Å²) in [5.74, 6) is 0.451. The summed E-state index contributed by atoms with van der Waals surface area (Å²) >= 11 is 0. The first kappa shape index (κ1) is 18.7. The summed E-state index contributed by atoms with van der Waals surface area (Å²) in [7, 11) is 0. The van der Waals surface area contributed by atoms with E-state index in [9.17, 15) is 9.59 Å². The van der Waals surface area contributed by atoms with Gasteiger partial charge in [0.1, 0.15) is 5.76 Å². The van der Waals surface area contributed by atoms with E-state index in [2.05, 4.69) is 36.0 Å². The molecule has 2 aromatic heterocycles. The highest BCUT2D eigenvalue weighted by atomic mass is 16.3. The normalized spacial score (nSPS) is 18.2. The molecule has 6 heteroatoms. The van der Waals surface area contributed by atoms with Crippen LogP contribution in [0.25, 0.3) is 10.9 Å². The van der Waals surface area contributed by atoms with Crippen molar-refractivity contribution in [1.82, 2.24) is 9.47 Å². The molecule has 1 N–H and O–H groups in total. The number of furan rings is 1. The lowest BCUT2D eigenvalue weighted by Gasteiger charge is -2.17. The molecule has 1 aromatic carbocycles. The van der Waals surface area contributed by atoms with Gasteiger partial charge in [0.25, 0.3) is 5.91 Å². The lowest BCUT2D eigenvalue weighted by Crippen LogP contribution is -2.33. The van der Waals surface area contributed by atoms with Crippen LogP contribution < -0.4 is 5.32 Å². The first-order valence-corrected chi connectivity index (χ1v) is 10.4. The minimum absolute atomic E-state index is 0.248. The fourth-order valence-corrected chi connectivity index (χ4v) is 4.61. The molecule has 1 atom stereocenters. The van der Waals surface area contributed by atoms with E-state index in [1.807, 2.05) is 24.3 Å². The predicted molar refractivity (Wildman–Crippen MR) is 115 cm³/mol. The molecule has 30 heavy (non-hydrogen) atoms. The van der Waals surface area contributed by atoms with E-state index >= 15 is 0 Å². The largest absolute Gasteiger partial charge is 0.468 e. The van der Waals surface area contributed by atoms with Gasteiger partial charge >= 0.3 is 0 Å². The van der Waals surface area contributed by atoms with Crippen LogP contribution in [0.5, 0.6) is 0 Å². The van der Waals surface area contributed by atoms with Gasteiger partial charge in [0, 0.05) is 36.4 Å². The molecule has 0 radical (unpaired) electrons. The summed E-state index contributed by atoms with van der Waals surface area (Å²) in [4.78, 5) is 26.7. The number of rotatable bonds is 4. The van der Waals surface area contributed by atoms with Crippen molar-refractivity contribution in [3.63, 3.8) is 0 Å². The summed E-state index contributed by atoms with van der Waals surface area (Å²) in [6.07, 6.45) is 4.86. The number of carbonyl (C=O) groups is 2. The molecular weight excluding hydrogens is 378 g/mol. The summed E-state index contributed by atoms with van der Waals surface area (Å²) in [6.45, 7) is 7.04. The predicted octanol–water partition coefficient (Wildman–Crippen LogP) is 4.48. The van der Waals surface area contributed by atoms with Gasteiger partial charge in [0.15, 0.2) is 0 Å². The Morgan fingerprint density at radius 2 is 2.10 bits per heavy atom. The lowest BCUT2D eigenvalue weighted by molar-refractivity contribution is -0.139. The van der Waals surface area contributed by atoms with Crippen molar-refractivity contribution >= 4 is 28.4 Å². The monoisotopic (exact) mass is 403 g/mol. The maximum atomic E-state index is 13.3. The molecule has 154 valence electrons. The number of aromatic nitrogens is 1. The molecule has 4 heterocycles. The molecule has 0 fully saturated rings. The van der Waals surface area contributed by atoms with Gasteiger partial charge in [0.2, 0.25) is 5.91 Å². The molecule has 0 spiro atoms. The Hall–Kier alpha value is -3.28. The Morgan fingerprint density at radius 1 is 1.27 bits per heavy atom.